The molecule has 1 aromatic carbocycles. The van der Waals surface area contributed by atoms with Crippen LogP contribution in [0.3, 0.4) is 0 Å². The average Bonchev–Trinajstić information content (AvgIpc) is 2.38. The number of hydrogen-bond donors (Lipinski definition) is 0. The number of halogens is 2. The van der Waals surface area contributed by atoms with Crippen molar-refractivity contribution in [3.05, 3.63) is 34.1 Å². The predicted molar refractivity (Wildman–Crippen MR) is 73.8 cm³/mol. The maximum atomic E-state index is 13.8. The quantitative estimate of drug-likeness (QED) is 0.768. The molecule has 0 fully saturated rings. The summed E-state index contributed by atoms with van der Waals surface area (Å²) in [7, 11) is 3.11. The highest BCUT2D eigenvalue weighted by Gasteiger charge is 2.21. The third-order valence-electron chi connectivity index (χ3n) is 2.59. The molecule has 0 aromatic heterocycles. The maximum absolute atomic E-state index is 13.8. The summed E-state index contributed by atoms with van der Waals surface area (Å²) in [6.45, 7) is 1.56. The highest BCUT2D eigenvalue weighted by molar-refractivity contribution is 9.10. The SMILES string of the molecule is COCCN(CCOC)C(=O)c1c(F)cccc1Br. The molecule has 0 radical (unpaired) electrons. The van der Waals surface area contributed by atoms with Crippen molar-refractivity contribution in [3.8, 4) is 0 Å². The highest BCUT2D eigenvalue weighted by Crippen LogP contribution is 2.21. The summed E-state index contributed by atoms with van der Waals surface area (Å²) < 4.78 is 24.1. The molecule has 6 heteroatoms. The van der Waals surface area contributed by atoms with Crippen molar-refractivity contribution < 1.29 is 18.7 Å². The first kappa shape index (κ1) is 16.1. The number of carbonyl (C=O) groups excluding carboxylic acids is 1. The fourth-order valence-electron chi connectivity index (χ4n) is 1.58. The van der Waals surface area contributed by atoms with Gasteiger partial charge in [0.2, 0.25) is 0 Å². The van der Waals surface area contributed by atoms with Crippen LogP contribution in [-0.2, 0) is 9.47 Å². The minimum absolute atomic E-state index is 0.0368. The molecule has 0 saturated carbocycles. The molecule has 0 bridgehead atoms. The van der Waals surface area contributed by atoms with Gasteiger partial charge >= 0.3 is 0 Å². The van der Waals surface area contributed by atoms with Crippen LogP contribution in [-0.4, -0.2) is 51.3 Å². The van der Waals surface area contributed by atoms with Crippen LogP contribution in [0, 0.1) is 5.82 Å². The topological polar surface area (TPSA) is 38.8 Å². The largest absolute Gasteiger partial charge is 0.383 e. The molecule has 0 saturated heterocycles. The van der Waals surface area contributed by atoms with Crippen molar-refractivity contribution in [1.29, 1.82) is 0 Å². The molecule has 1 amide bonds. The summed E-state index contributed by atoms with van der Waals surface area (Å²) in [5, 5.41) is 0. The summed E-state index contributed by atoms with van der Waals surface area (Å²) in [5.74, 6) is -0.918. The number of rotatable bonds is 7. The Hall–Kier alpha value is -0.980. The fraction of sp³-hybridized carbons (Fsp3) is 0.462. The molecule has 4 nitrogen and oxygen atoms in total. The molecular weight excluding hydrogens is 317 g/mol. The zero-order valence-corrected chi connectivity index (χ0v) is 12.6. The zero-order chi connectivity index (χ0) is 14.3. The van der Waals surface area contributed by atoms with E-state index in [1.807, 2.05) is 0 Å². The van der Waals surface area contributed by atoms with E-state index in [0.717, 1.165) is 0 Å². The van der Waals surface area contributed by atoms with Crippen molar-refractivity contribution in [2.24, 2.45) is 0 Å². The van der Waals surface area contributed by atoms with Gasteiger partial charge in [-0.2, -0.15) is 0 Å². The molecule has 0 atom stereocenters. The number of hydrogen-bond acceptors (Lipinski definition) is 3. The van der Waals surface area contributed by atoms with Crippen molar-refractivity contribution >= 4 is 21.8 Å². The number of ether oxygens (including phenoxy) is 2. The second-order valence-corrected chi connectivity index (χ2v) is 4.73. The van der Waals surface area contributed by atoms with Gasteiger partial charge in [0.1, 0.15) is 5.82 Å². The lowest BCUT2D eigenvalue weighted by molar-refractivity contribution is 0.0622. The van der Waals surface area contributed by atoms with Gasteiger partial charge in [-0.1, -0.05) is 6.07 Å². The van der Waals surface area contributed by atoms with Gasteiger partial charge in [0.25, 0.3) is 5.91 Å². The lowest BCUT2D eigenvalue weighted by Crippen LogP contribution is -2.37. The predicted octanol–water partition coefficient (Wildman–Crippen LogP) is 2.32. The van der Waals surface area contributed by atoms with E-state index < -0.39 is 5.82 Å². The van der Waals surface area contributed by atoms with E-state index in [-0.39, 0.29) is 11.5 Å². The van der Waals surface area contributed by atoms with Gasteiger partial charge in [-0.3, -0.25) is 4.79 Å². The Morgan fingerprint density at radius 1 is 1.26 bits per heavy atom. The summed E-state index contributed by atoms with van der Waals surface area (Å²) >= 11 is 3.20. The smallest absolute Gasteiger partial charge is 0.258 e. The van der Waals surface area contributed by atoms with E-state index in [9.17, 15) is 9.18 Å². The average molecular weight is 334 g/mol. The van der Waals surface area contributed by atoms with Gasteiger partial charge < -0.3 is 14.4 Å². The van der Waals surface area contributed by atoms with Gasteiger partial charge in [0.15, 0.2) is 0 Å². The van der Waals surface area contributed by atoms with E-state index >= 15 is 0 Å². The molecule has 1 rings (SSSR count). The summed E-state index contributed by atoms with van der Waals surface area (Å²) in [6.07, 6.45) is 0. The Balaban J connectivity index is 2.91. The Bertz CT molecular complexity index is 400. The molecule has 0 aliphatic rings. The Morgan fingerprint density at radius 3 is 2.32 bits per heavy atom. The second kappa shape index (κ2) is 8.24. The van der Waals surface area contributed by atoms with Crippen LogP contribution >= 0.6 is 15.9 Å². The number of benzene rings is 1. The summed E-state index contributed by atoms with van der Waals surface area (Å²) in [6, 6.07) is 4.45. The lowest BCUT2D eigenvalue weighted by atomic mass is 10.2. The molecule has 106 valence electrons. The van der Waals surface area contributed by atoms with Crippen LogP contribution in [0.25, 0.3) is 0 Å². The molecule has 0 N–H and O–H groups in total. The third-order valence-corrected chi connectivity index (χ3v) is 3.26. The van der Waals surface area contributed by atoms with Crippen LogP contribution in [0.15, 0.2) is 22.7 Å². The monoisotopic (exact) mass is 333 g/mol. The number of carbonyl (C=O) groups is 1. The van der Waals surface area contributed by atoms with Crippen LogP contribution in [0.4, 0.5) is 4.39 Å². The first-order valence-corrected chi connectivity index (χ1v) is 6.62. The molecule has 19 heavy (non-hydrogen) atoms. The van der Waals surface area contributed by atoms with Crippen molar-refractivity contribution in [3.63, 3.8) is 0 Å². The first-order chi connectivity index (χ1) is 9.11. The fourth-order valence-corrected chi connectivity index (χ4v) is 2.09. The van der Waals surface area contributed by atoms with Crippen LogP contribution in [0.5, 0.6) is 0 Å². The van der Waals surface area contributed by atoms with Crippen LogP contribution in [0.1, 0.15) is 10.4 Å². The third kappa shape index (κ3) is 4.56. The highest BCUT2D eigenvalue weighted by atomic mass is 79.9. The number of nitrogens with zero attached hydrogens (tertiary/aromatic N) is 1. The normalized spacial score (nSPS) is 10.5. The van der Waals surface area contributed by atoms with E-state index in [1.165, 1.54) is 11.0 Å². The second-order valence-electron chi connectivity index (χ2n) is 3.87. The van der Waals surface area contributed by atoms with Crippen molar-refractivity contribution in [2.75, 3.05) is 40.5 Å². The minimum atomic E-state index is -0.542. The van der Waals surface area contributed by atoms with Gasteiger partial charge in [-0.05, 0) is 28.1 Å². The molecule has 0 aliphatic heterocycles. The summed E-state index contributed by atoms with van der Waals surface area (Å²) in [5.41, 5.74) is 0.0368. The molecule has 0 heterocycles. The lowest BCUT2D eigenvalue weighted by Gasteiger charge is -2.22. The Kier molecular flexibility index (Phi) is 6.97. The molecule has 0 unspecified atom stereocenters. The van der Waals surface area contributed by atoms with Crippen LogP contribution in [0.2, 0.25) is 0 Å². The van der Waals surface area contributed by atoms with Crippen molar-refractivity contribution in [1.82, 2.24) is 4.90 Å². The van der Waals surface area contributed by atoms with Gasteiger partial charge in [0.05, 0.1) is 18.8 Å². The van der Waals surface area contributed by atoms with E-state index in [1.54, 1.807) is 26.4 Å². The Labute approximate surface area is 120 Å². The standard InChI is InChI=1S/C13H17BrFNO3/c1-18-8-6-16(7-9-19-2)13(17)12-10(14)4-3-5-11(12)15/h3-5H,6-9H2,1-2H3. The summed E-state index contributed by atoms with van der Waals surface area (Å²) in [4.78, 5) is 13.9. The molecule has 0 aliphatic carbocycles. The van der Waals surface area contributed by atoms with E-state index in [0.29, 0.717) is 30.8 Å². The van der Waals surface area contributed by atoms with Gasteiger partial charge in [-0.15, -0.1) is 0 Å². The maximum Gasteiger partial charge on any atom is 0.258 e. The Morgan fingerprint density at radius 2 is 1.84 bits per heavy atom. The first-order valence-electron chi connectivity index (χ1n) is 5.83. The van der Waals surface area contributed by atoms with Crippen LogP contribution < -0.4 is 0 Å². The molecule has 1 aromatic rings. The number of methoxy groups -OCH3 is 2. The molecule has 0 spiro atoms. The molecular formula is C13H17BrFNO3. The zero-order valence-electron chi connectivity index (χ0n) is 11.0. The van der Waals surface area contributed by atoms with Gasteiger partial charge in [0, 0.05) is 31.8 Å². The van der Waals surface area contributed by atoms with Gasteiger partial charge in [-0.25, -0.2) is 4.39 Å². The van der Waals surface area contributed by atoms with E-state index in [4.69, 9.17) is 9.47 Å². The van der Waals surface area contributed by atoms with E-state index in [2.05, 4.69) is 15.9 Å². The van der Waals surface area contributed by atoms with Crippen molar-refractivity contribution in [2.45, 2.75) is 0 Å². The minimum Gasteiger partial charge on any atom is -0.383 e. The number of amides is 1.